The molecule has 0 saturated carbocycles. The minimum atomic E-state index is 0.496. The summed E-state index contributed by atoms with van der Waals surface area (Å²) in [6.07, 6.45) is 0. The molecule has 3 heterocycles. The van der Waals surface area contributed by atoms with Crippen LogP contribution < -0.4 is 0 Å². The Bertz CT molecular complexity index is 2170. The average molecular weight is 553 g/mol. The average Bonchev–Trinajstić information content (AvgIpc) is 3.78. The van der Waals surface area contributed by atoms with Gasteiger partial charge in [0.1, 0.15) is 0 Å². The van der Waals surface area contributed by atoms with Crippen molar-refractivity contribution in [1.29, 1.82) is 0 Å². The third-order valence-electron chi connectivity index (χ3n) is 8.34. The summed E-state index contributed by atoms with van der Waals surface area (Å²) in [5, 5.41) is 9.29. The second kappa shape index (κ2) is 9.29. The molecule has 0 atom stereocenters. The molecule has 0 amide bonds. The maximum atomic E-state index is 5.72. The van der Waals surface area contributed by atoms with Crippen molar-refractivity contribution >= 4 is 43.6 Å². The number of hydrogen-bond donors (Lipinski definition) is 0. The second-order valence-corrected chi connectivity index (χ2v) is 10.8. The van der Waals surface area contributed by atoms with E-state index in [-0.39, 0.29) is 0 Å². The summed E-state index contributed by atoms with van der Waals surface area (Å²) < 4.78 is 10.3. The van der Waals surface area contributed by atoms with E-state index < -0.39 is 0 Å². The maximum absolute atomic E-state index is 5.72. The first kappa shape index (κ1) is 23.7. The highest BCUT2D eigenvalue weighted by molar-refractivity contribution is 6.10. The van der Waals surface area contributed by atoms with E-state index in [2.05, 4.69) is 148 Å². The van der Waals surface area contributed by atoms with Gasteiger partial charge >= 0.3 is 0 Å². The zero-order valence-electron chi connectivity index (χ0n) is 23.1. The first-order valence-corrected chi connectivity index (χ1v) is 14.4. The molecule has 0 aliphatic heterocycles. The number of rotatable bonds is 4. The quantitative estimate of drug-likeness (QED) is 0.218. The zero-order chi connectivity index (χ0) is 28.3. The van der Waals surface area contributed by atoms with E-state index in [9.17, 15) is 0 Å². The predicted molar refractivity (Wildman–Crippen MR) is 174 cm³/mol. The van der Waals surface area contributed by atoms with Gasteiger partial charge in [-0.1, -0.05) is 78.0 Å². The lowest BCUT2D eigenvalue weighted by molar-refractivity contribution is 0.432. The van der Waals surface area contributed by atoms with E-state index >= 15 is 0 Å². The molecule has 0 aliphatic carbocycles. The molecule has 9 aromatic rings. The van der Waals surface area contributed by atoms with Crippen LogP contribution in [0.4, 0.5) is 0 Å². The Morgan fingerprint density at radius 2 is 0.767 bits per heavy atom. The summed E-state index contributed by atoms with van der Waals surface area (Å²) in [6, 6.07) is 50.7. The molecule has 5 heteroatoms. The number of benzene rings is 6. The van der Waals surface area contributed by atoms with E-state index in [1.54, 1.807) is 0 Å². The Labute approximate surface area is 246 Å². The van der Waals surface area contributed by atoms with Crippen molar-refractivity contribution < 1.29 is 4.52 Å². The van der Waals surface area contributed by atoms with Gasteiger partial charge in [0.05, 0.1) is 22.1 Å². The van der Waals surface area contributed by atoms with Gasteiger partial charge in [-0.05, 0) is 72.8 Å². The predicted octanol–water partition coefficient (Wildman–Crippen LogP) is 9.60. The molecule has 6 aromatic carbocycles. The molecule has 0 unspecified atom stereocenters. The number of hydrogen-bond acceptors (Lipinski definition) is 3. The van der Waals surface area contributed by atoms with Crippen LogP contribution in [-0.4, -0.2) is 19.3 Å². The lowest BCUT2D eigenvalue weighted by atomic mass is 10.1. The second-order valence-electron chi connectivity index (χ2n) is 10.8. The van der Waals surface area contributed by atoms with Gasteiger partial charge in [-0.15, -0.1) is 0 Å². The summed E-state index contributed by atoms with van der Waals surface area (Å²) in [5.74, 6) is 1.06. The van der Waals surface area contributed by atoms with Crippen molar-refractivity contribution in [3.63, 3.8) is 0 Å². The Hall–Kier alpha value is -5.94. The van der Waals surface area contributed by atoms with Crippen molar-refractivity contribution in [3.8, 4) is 34.2 Å². The van der Waals surface area contributed by atoms with Crippen molar-refractivity contribution in [2.24, 2.45) is 0 Å². The van der Waals surface area contributed by atoms with Crippen LogP contribution in [0.1, 0.15) is 0 Å². The van der Waals surface area contributed by atoms with Crippen LogP contribution in [0.5, 0.6) is 0 Å². The van der Waals surface area contributed by atoms with Gasteiger partial charge in [0.15, 0.2) is 0 Å². The number of nitrogens with zero attached hydrogens (tertiary/aromatic N) is 4. The molecule has 0 N–H and O–H groups in total. The molecule has 3 aromatic heterocycles. The third kappa shape index (κ3) is 3.65. The number of aromatic nitrogens is 4. The molecule has 0 bridgehead atoms. The molecule has 0 fully saturated rings. The number of fused-ring (bicyclic) bond motifs is 6. The van der Waals surface area contributed by atoms with E-state index in [1.807, 2.05) is 12.1 Å². The first-order valence-electron chi connectivity index (χ1n) is 14.4. The summed E-state index contributed by atoms with van der Waals surface area (Å²) in [4.78, 5) is 4.74. The highest BCUT2D eigenvalue weighted by Gasteiger charge is 2.15. The summed E-state index contributed by atoms with van der Waals surface area (Å²) >= 11 is 0. The lowest BCUT2D eigenvalue weighted by Gasteiger charge is -2.08. The highest BCUT2D eigenvalue weighted by atomic mass is 16.5. The van der Waals surface area contributed by atoms with Gasteiger partial charge in [0.2, 0.25) is 5.82 Å². The summed E-state index contributed by atoms with van der Waals surface area (Å²) in [6.45, 7) is 0. The minimum absolute atomic E-state index is 0.496. The van der Waals surface area contributed by atoms with Gasteiger partial charge in [0.25, 0.3) is 5.89 Å². The molecule has 202 valence electrons. The van der Waals surface area contributed by atoms with Gasteiger partial charge in [-0.3, -0.25) is 0 Å². The van der Waals surface area contributed by atoms with Crippen molar-refractivity contribution in [2.45, 2.75) is 0 Å². The fourth-order valence-electron chi connectivity index (χ4n) is 6.37. The van der Waals surface area contributed by atoms with Crippen molar-refractivity contribution in [1.82, 2.24) is 19.3 Å². The highest BCUT2D eigenvalue weighted by Crippen LogP contribution is 2.34. The van der Waals surface area contributed by atoms with E-state index in [1.165, 1.54) is 43.6 Å². The van der Waals surface area contributed by atoms with Crippen LogP contribution >= 0.6 is 0 Å². The van der Waals surface area contributed by atoms with Crippen molar-refractivity contribution in [2.75, 3.05) is 0 Å². The summed E-state index contributed by atoms with van der Waals surface area (Å²) in [7, 11) is 0. The number of para-hydroxylation sites is 4. The molecule has 0 radical (unpaired) electrons. The molecule has 0 saturated heterocycles. The van der Waals surface area contributed by atoms with Crippen LogP contribution in [-0.2, 0) is 0 Å². The van der Waals surface area contributed by atoms with Crippen LogP contribution in [0.2, 0.25) is 0 Å². The van der Waals surface area contributed by atoms with E-state index in [4.69, 9.17) is 9.51 Å². The maximum Gasteiger partial charge on any atom is 0.258 e. The van der Waals surface area contributed by atoms with E-state index in [0.29, 0.717) is 11.7 Å². The fourth-order valence-corrected chi connectivity index (χ4v) is 6.37. The smallest absolute Gasteiger partial charge is 0.258 e. The molecular weight excluding hydrogens is 528 g/mol. The van der Waals surface area contributed by atoms with Crippen LogP contribution in [0.25, 0.3) is 77.8 Å². The Morgan fingerprint density at radius 1 is 0.395 bits per heavy atom. The zero-order valence-corrected chi connectivity index (χ0v) is 23.1. The van der Waals surface area contributed by atoms with Gasteiger partial charge in [0, 0.05) is 44.0 Å². The SMILES string of the molecule is c1ccc2c(c1)c1ccccc1n2-c1ccc(-c2noc(-c3ccc(-n4c5ccccc5c5ccccc54)cc3)n2)cc1. The van der Waals surface area contributed by atoms with Crippen LogP contribution in [0.15, 0.2) is 150 Å². The minimum Gasteiger partial charge on any atom is -0.334 e. The fraction of sp³-hybridized carbons (Fsp3) is 0. The Kier molecular flexibility index (Phi) is 5.13. The molecule has 0 aliphatic rings. The molecule has 9 rings (SSSR count). The van der Waals surface area contributed by atoms with Gasteiger partial charge in [-0.25, -0.2) is 0 Å². The van der Waals surface area contributed by atoms with Crippen molar-refractivity contribution in [3.05, 3.63) is 146 Å². The standard InChI is InChI=1S/C38H24N4O/c1-5-13-33-29(9-1)30-10-2-6-14-34(30)41(33)27-21-17-25(18-22-27)37-39-38(43-40-37)26-19-23-28(24-20-26)42-35-15-7-3-11-31(35)32-12-4-8-16-36(32)42/h1-24H. The lowest BCUT2D eigenvalue weighted by Crippen LogP contribution is -1.94. The molecule has 0 spiro atoms. The largest absolute Gasteiger partial charge is 0.334 e. The van der Waals surface area contributed by atoms with Gasteiger partial charge in [-0.2, -0.15) is 4.98 Å². The topological polar surface area (TPSA) is 48.8 Å². The monoisotopic (exact) mass is 552 g/mol. The van der Waals surface area contributed by atoms with Gasteiger partial charge < -0.3 is 13.7 Å². The first-order chi connectivity index (χ1) is 21.3. The van der Waals surface area contributed by atoms with E-state index in [0.717, 1.165) is 22.5 Å². The molecule has 43 heavy (non-hydrogen) atoms. The molecule has 5 nitrogen and oxygen atoms in total. The normalized spacial score (nSPS) is 11.7. The molecular formula is C38H24N4O. The Morgan fingerprint density at radius 3 is 1.19 bits per heavy atom. The van der Waals surface area contributed by atoms with Crippen LogP contribution in [0.3, 0.4) is 0 Å². The summed E-state index contributed by atoms with van der Waals surface area (Å²) in [5.41, 5.74) is 8.69. The Balaban J connectivity index is 1.04. The van der Waals surface area contributed by atoms with Crippen LogP contribution in [0, 0.1) is 0 Å². The third-order valence-corrected chi connectivity index (χ3v) is 8.34.